The van der Waals surface area contributed by atoms with E-state index < -0.39 is 23.1 Å². The second-order valence-electron chi connectivity index (χ2n) is 6.87. The molecule has 2 rings (SSSR count). The van der Waals surface area contributed by atoms with Crippen LogP contribution in [0.5, 0.6) is 0 Å². The number of rotatable bonds is 4. The Morgan fingerprint density at radius 2 is 1.88 bits per heavy atom. The number of nitrogens with one attached hydrogen (secondary N) is 1. The molecule has 1 aliphatic rings. The topological polar surface area (TPSA) is 92.6 Å². The molecule has 1 heterocycles. The zero-order valence-electron chi connectivity index (χ0n) is 15.9. The van der Waals surface area contributed by atoms with Gasteiger partial charge in [-0.25, -0.2) is 4.79 Å². The van der Waals surface area contributed by atoms with E-state index >= 15 is 0 Å². The summed E-state index contributed by atoms with van der Waals surface area (Å²) >= 11 is 0. The molecular formula is C18H24N4O4. The maximum Gasteiger partial charge on any atom is 0.409 e. The molecule has 0 aromatic heterocycles. The van der Waals surface area contributed by atoms with Crippen LogP contribution in [0.25, 0.3) is 0 Å². The van der Waals surface area contributed by atoms with Gasteiger partial charge >= 0.3 is 6.09 Å². The van der Waals surface area contributed by atoms with E-state index in [-0.39, 0.29) is 5.71 Å². The highest BCUT2D eigenvalue weighted by Gasteiger charge is 2.54. The Hall–Kier alpha value is -2.90. The number of amides is 2. The van der Waals surface area contributed by atoms with E-state index in [2.05, 4.69) is 15.6 Å². The highest BCUT2D eigenvalue weighted by Crippen LogP contribution is 2.28. The fraction of sp³-hybridized carbons (Fsp3) is 0.444. The summed E-state index contributed by atoms with van der Waals surface area (Å²) < 4.78 is 5.32. The molecule has 8 nitrogen and oxygen atoms in total. The van der Waals surface area contributed by atoms with Crippen LogP contribution in [0.15, 0.2) is 40.6 Å². The molecule has 1 unspecified atom stereocenters. The number of hydrogen-bond acceptors (Lipinski definition) is 6. The van der Waals surface area contributed by atoms with Crippen LogP contribution in [0, 0.1) is 0 Å². The summed E-state index contributed by atoms with van der Waals surface area (Å²) in [6.45, 7) is 8.45. The lowest BCUT2D eigenvalue weighted by molar-refractivity contribution is -0.120. The molecule has 1 aromatic carbocycles. The van der Waals surface area contributed by atoms with Gasteiger partial charge < -0.3 is 9.57 Å². The van der Waals surface area contributed by atoms with Crippen LogP contribution in [-0.2, 0) is 14.4 Å². The number of benzene rings is 1. The molecule has 2 amide bonds. The molecule has 0 fully saturated rings. The molecule has 0 spiro atoms. The van der Waals surface area contributed by atoms with Crippen molar-refractivity contribution < 1.29 is 19.2 Å². The van der Waals surface area contributed by atoms with E-state index in [0.29, 0.717) is 11.4 Å². The monoisotopic (exact) mass is 360 g/mol. The molecule has 8 heteroatoms. The lowest BCUT2D eigenvalue weighted by Crippen LogP contribution is -2.64. The van der Waals surface area contributed by atoms with Crippen LogP contribution < -0.4 is 10.3 Å². The quantitative estimate of drug-likeness (QED) is 0.660. The molecule has 0 saturated carbocycles. The Morgan fingerprint density at radius 3 is 2.42 bits per heavy atom. The Bertz CT molecular complexity index is 752. The number of ether oxygens (including phenoxy) is 1. The van der Waals surface area contributed by atoms with Gasteiger partial charge in [-0.2, -0.15) is 10.1 Å². The first kappa shape index (κ1) is 19.4. The molecule has 1 aliphatic heterocycles. The fourth-order valence-corrected chi connectivity index (χ4v) is 2.64. The molecule has 140 valence electrons. The van der Waals surface area contributed by atoms with E-state index in [0.717, 1.165) is 0 Å². The number of nitrogens with zero attached hydrogens (tertiary/aromatic N) is 3. The van der Waals surface area contributed by atoms with Gasteiger partial charge in [-0.1, -0.05) is 23.4 Å². The summed E-state index contributed by atoms with van der Waals surface area (Å²) in [7, 11) is 1.37. The van der Waals surface area contributed by atoms with E-state index in [9.17, 15) is 9.59 Å². The first-order chi connectivity index (χ1) is 12.1. The van der Waals surface area contributed by atoms with Crippen LogP contribution in [-0.4, -0.2) is 41.7 Å². The zero-order valence-corrected chi connectivity index (χ0v) is 15.9. The van der Waals surface area contributed by atoms with E-state index in [4.69, 9.17) is 9.57 Å². The summed E-state index contributed by atoms with van der Waals surface area (Å²) in [5.74, 6) is -0.467. The summed E-state index contributed by atoms with van der Waals surface area (Å²) in [5, 5.41) is 12.1. The van der Waals surface area contributed by atoms with Crippen molar-refractivity contribution in [2.75, 3.05) is 12.1 Å². The first-order valence-electron chi connectivity index (χ1n) is 8.16. The molecule has 1 atom stereocenters. The molecule has 1 aromatic rings. The zero-order chi connectivity index (χ0) is 19.5. The van der Waals surface area contributed by atoms with Gasteiger partial charge in [-0.15, -0.1) is 0 Å². The number of para-hydroxylation sites is 1. The van der Waals surface area contributed by atoms with Crippen molar-refractivity contribution in [1.29, 1.82) is 0 Å². The maximum atomic E-state index is 13.3. The number of hydrazone groups is 1. The van der Waals surface area contributed by atoms with Crippen molar-refractivity contribution >= 4 is 29.1 Å². The second-order valence-corrected chi connectivity index (χ2v) is 6.87. The predicted octanol–water partition coefficient (Wildman–Crippen LogP) is 2.69. The van der Waals surface area contributed by atoms with E-state index in [1.165, 1.54) is 12.1 Å². The molecule has 0 radical (unpaired) electrons. The number of oxime groups is 1. The van der Waals surface area contributed by atoms with Crippen LogP contribution in [0.3, 0.4) is 0 Å². The minimum atomic E-state index is -1.58. The van der Waals surface area contributed by atoms with Crippen molar-refractivity contribution in [2.24, 2.45) is 10.3 Å². The third-order valence-corrected chi connectivity index (χ3v) is 3.77. The highest BCUT2D eigenvalue weighted by molar-refractivity contribution is 6.37. The number of hydrogen-bond donors (Lipinski definition) is 1. The van der Waals surface area contributed by atoms with Crippen molar-refractivity contribution in [3.8, 4) is 0 Å². The molecular weight excluding hydrogens is 336 g/mol. The Balaban J connectivity index is 2.45. The minimum absolute atomic E-state index is 0.246. The fourth-order valence-electron chi connectivity index (χ4n) is 2.64. The summed E-state index contributed by atoms with van der Waals surface area (Å²) in [4.78, 5) is 30.5. The summed E-state index contributed by atoms with van der Waals surface area (Å²) in [5.41, 5.74) is -1.11. The summed E-state index contributed by atoms with van der Waals surface area (Å²) in [6.07, 6.45) is -0.749. The number of alkyl carbamates (subject to hydrolysis) is 1. The van der Waals surface area contributed by atoms with Gasteiger partial charge in [-0.05, 0) is 46.8 Å². The first-order valence-corrected chi connectivity index (χ1v) is 8.16. The van der Waals surface area contributed by atoms with Gasteiger partial charge in [-0.3, -0.25) is 10.1 Å². The van der Waals surface area contributed by atoms with Gasteiger partial charge in [0, 0.05) is 0 Å². The van der Waals surface area contributed by atoms with Gasteiger partial charge in [0.25, 0.3) is 5.91 Å². The van der Waals surface area contributed by atoms with Crippen molar-refractivity contribution in [1.82, 2.24) is 5.32 Å². The number of anilines is 1. The minimum Gasteiger partial charge on any atom is -0.444 e. The molecule has 0 saturated heterocycles. The molecule has 1 N–H and O–H groups in total. The normalized spacial score (nSPS) is 20.7. The third kappa shape index (κ3) is 3.68. The SMILES string of the molecule is CON=C(C)C1(NC(=O)OC(C)(C)C)C(=O)N(c2ccccc2)N=C1C. The third-order valence-electron chi connectivity index (χ3n) is 3.77. The Morgan fingerprint density at radius 1 is 1.27 bits per heavy atom. The number of carbonyl (C=O) groups excluding carboxylic acids is 2. The average Bonchev–Trinajstić information content (AvgIpc) is 2.79. The lowest BCUT2D eigenvalue weighted by Gasteiger charge is -2.30. The molecule has 0 bridgehead atoms. The van der Waals surface area contributed by atoms with Crippen molar-refractivity contribution in [3.05, 3.63) is 30.3 Å². The Kier molecular flexibility index (Phi) is 5.34. The standard InChI is InChI=1S/C18H24N4O4/c1-12-18(13(2)21-25-6,19-16(24)26-17(3,4)5)15(23)22(20-12)14-10-8-7-9-11-14/h7-11H,1-6H3,(H,19,24). The van der Waals surface area contributed by atoms with Crippen molar-refractivity contribution in [3.63, 3.8) is 0 Å². The van der Waals surface area contributed by atoms with Crippen LogP contribution in [0.4, 0.5) is 10.5 Å². The van der Waals surface area contributed by atoms with Crippen LogP contribution >= 0.6 is 0 Å². The van der Waals surface area contributed by atoms with Crippen molar-refractivity contribution in [2.45, 2.75) is 45.8 Å². The second kappa shape index (κ2) is 7.15. The molecule has 0 aliphatic carbocycles. The van der Waals surface area contributed by atoms with Gasteiger partial charge in [0.2, 0.25) is 5.54 Å². The van der Waals surface area contributed by atoms with Crippen LogP contribution in [0.2, 0.25) is 0 Å². The smallest absolute Gasteiger partial charge is 0.409 e. The lowest BCUT2D eigenvalue weighted by atomic mass is 9.89. The largest absolute Gasteiger partial charge is 0.444 e. The van der Waals surface area contributed by atoms with E-state index in [1.54, 1.807) is 58.9 Å². The van der Waals surface area contributed by atoms with Gasteiger partial charge in [0.1, 0.15) is 12.7 Å². The molecule has 26 heavy (non-hydrogen) atoms. The van der Waals surface area contributed by atoms with Crippen LogP contribution in [0.1, 0.15) is 34.6 Å². The maximum absolute atomic E-state index is 13.3. The van der Waals surface area contributed by atoms with Gasteiger partial charge in [0.15, 0.2) is 0 Å². The van der Waals surface area contributed by atoms with E-state index in [1.807, 2.05) is 6.07 Å². The predicted molar refractivity (Wildman–Crippen MR) is 99.3 cm³/mol. The average molecular weight is 360 g/mol. The van der Waals surface area contributed by atoms with Gasteiger partial charge in [0.05, 0.1) is 17.1 Å². The highest BCUT2D eigenvalue weighted by atomic mass is 16.6. The Labute approximate surface area is 152 Å². The number of carbonyl (C=O) groups is 2. The summed E-state index contributed by atoms with van der Waals surface area (Å²) in [6, 6.07) is 8.93.